The van der Waals surface area contributed by atoms with Gasteiger partial charge in [0.25, 0.3) is 0 Å². The molecule has 0 spiro atoms. The first-order chi connectivity index (χ1) is 12.7. The van der Waals surface area contributed by atoms with Gasteiger partial charge in [-0.2, -0.15) is 4.98 Å². The first kappa shape index (κ1) is 20.6. The van der Waals surface area contributed by atoms with Crippen LogP contribution in [0.2, 0.25) is 0 Å². The lowest BCUT2D eigenvalue weighted by molar-refractivity contribution is 0.0460. The molecule has 2 rings (SSSR count). The second-order valence-electron chi connectivity index (χ2n) is 6.81. The number of rotatable bonds is 14. The highest BCUT2D eigenvalue weighted by Crippen LogP contribution is 2.18. The van der Waals surface area contributed by atoms with Crippen LogP contribution < -0.4 is 5.69 Å². The lowest BCUT2D eigenvalue weighted by atomic mass is 10.1. The summed E-state index contributed by atoms with van der Waals surface area (Å²) in [4.78, 5) is 15.9. The molecule has 0 saturated heterocycles. The number of unbranched alkanes of at least 4 members (excludes halogenated alkanes) is 8. The highest BCUT2D eigenvalue weighted by atomic mass is 16.5. The summed E-state index contributed by atoms with van der Waals surface area (Å²) >= 11 is 0. The van der Waals surface area contributed by atoms with Crippen LogP contribution in [0, 0.1) is 0 Å². The molecule has 0 bridgehead atoms. The van der Waals surface area contributed by atoms with Crippen LogP contribution in [0.25, 0.3) is 11.1 Å². The molecular weight excluding hydrogens is 332 g/mol. The van der Waals surface area contributed by atoms with Crippen LogP contribution in [0.15, 0.2) is 21.5 Å². The van der Waals surface area contributed by atoms with Crippen LogP contribution in [0.5, 0.6) is 0 Å². The maximum absolute atomic E-state index is 11.9. The van der Waals surface area contributed by atoms with Crippen molar-refractivity contribution in [3.63, 3.8) is 0 Å². The van der Waals surface area contributed by atoms with Crippen LogP contribution in [-0.2, 0) is 17.9 Å². The third-order valence-electron chi connectivity index (χ3n) is 4.52. The van der Waals surface area contributed by atoms with Crippen LogP contribution in [0.1, 0.15) is 70.5 Å². The largest absolute Gasteiger partial charge is 0.443 e. The van der Waals surface area contributed by atoms with E-state index in [4.69, 9.17) is 14.3 Å². The summed E-state index contributed by atoms with van der Waals surface area (Å²) in [7, 11) is 0. The summed E-state index contributed by atoms with van der Waals surface area (Å²) in [6.45, 7) is 2.45. The van der Waals surface area contributed by atoms with Crippen molar-refractivity contribution in [2.45, 2.75) is 77.9 Å². The Kier molecular flexibility index (Phi) is 9.42. The zero-order chi connectivity index (χ0) is 18.6. The number of aromatic nitrogens is 2. The number of aryl methyl sites for hydroxylation is 1. The number of aliphatic hydroxyl groups excluding tert-OH is 1. The monoisotopic (exact) mass is 364 g/mol. The number of hydrogen-bond donors (Lipinski definition) is 1. The van der Waals surface area contributed by atoms with E-state index in [1.807, 2.05) is 6.07 Å². The van der Waals surface area contributed by atoms with Gasteiger partial charge in [-0.15, -0.1) is 0 Å². The zero-order valence-corrected chi connectivity index (χ0v) is 15.9. The Morgan fingerprint density at radius 3 is 2.50 bits per heavy atom. The Balaban J connectivity index is 1.73. The van der Waals surface area contributed by atoms with Crippen LogP contribution in [-0.4, -0.2) is 27.9 Å². The Labute approximate surface area is 155 Å². The molecule has 0 amide bonds. The average Bonchev–Trinajstić information content (AvgIpc) is 3.02. The van der Waals surface area contributed by atoms with E-state index in [9.17, 15) is 4.79 Å². The fourth-order valence-corrected chi connectivity index (χ4v) is 3.05. The van der Waals surface area contributed by atoms with Gasteiger partial charge in [0, 0.05) is 12.6 Å². The summed E-state index contributed by atoms with van der Waals surface area (Å²) < 4.78 is 12.3. The molecule has 1 N–H and O–H groups in total. The Bertz CT molecular complexity index is 693. The van der Waals surface area contributed by atoms with Crippen molar-refractivity contribution in [1.82, 2.24) is 9.55 Å². The minimum atomic E-state index is -0.403. The second-order valence-corrected chi connectivity index (χ2v) is 6.81. The van der Waals surface area contributed by atoms with Gasteiger partial charge in [-0.05, 0) is 12.5 Å². The molecule has 2 aromatic heterocycles. The van der Waals surface area contributed by atoms with Gasteiger partial charge >= 0.3 is 5.69 Å². The number of furan rings is 1. The summed E-state index contributed by atoms with van der Waals surface area (Å²) in [6, 6.07) is 1.95. The molecule has 0 radical (unpaired) electrons. The number of nitrogens with zero attached hydrogens (tertiary/aromatic N) is 2. The number of hydrogen-bond acceptors (Lipinski definition) is 5. The zero-order valence-electron chi connectivity index (χ0n) is 15.9. The molecule has 0 saturated carbocycles. The summed E-state index contributed by atoms with van der Waals surface area (Å²) in [5, 5.41) is 9.54. The molecule has 0 unspecified atom stereocenters. The van der Waals surface area contributed by atoms with E-state index < -0.39 is 5.69 Å². The van der Waals surface area contributed by atoms with Gasteiger partial charge in [0.1, 0.15) is 12.5 Å². The molecule has 0 aromatic carbocycles. The van der Waals surface area contributed by atoms with Crippen molar-refractivity contribution >= 4 is 11.1 Å². The molecule has 0 aliphatic heterocycles. The fourth-order valence-electron chi connectivity index (χ4n) is 3.05. The minimum absolute atomic E-state index is 0.0704. The van der Waals surface area contributed by atoms with Gasteiger partial charge in [0.15, 0.2) is 0 Å². The van der Waals surface area contributed by atoms with Gasteiger partial charge < -0.3 is 14.3 Å². The van der Waals surface area contributed by atoms with Gasteiger partial charge in [-0.1, -0.05) is 58.3 Å². The second kappa shape index (κ2) is 11.9. The van der Waals surface area contributed by atoms with Crippen LogP contribution >= 0.6 is 0 Å². The number of fused-ring (bicyclic) bond motifs is 1. The van der Waals surface area contributed by atoms with Crippen molar-refractivity contribution in [3.05, 3.63) is 28.5 Å². The first-order valence-corrected chi connectivity index (χ1v) is 9.93. The van der Waals surface area contributed by atoms with E-state index in [2.05, 4.69) is 11.9 Å². The summed E-state index contributed by atoms with van der Waals surface area (Å²) in [5.74, 6) is 0.879. The predicted molar refractivity (Wildman–Crippen MR) is 102 cm³/mol. The van der Waals surface area contributed by atoms with Crippen LogP contribution in [0.3, 0.4) is 0 Å². The predicted octanol–water partition coefficient (Wildman–Crippen LogP) is 4.03. The highest BCUT2D eigenvalue weighted by molar-refractivity contribution is 5.72. The smallest absolute Gasteiger partial charge is 0.352 e. The normalized spacial score (nSPS) is 11.5. The fraction of sp³-hybridized carbons (Fsp3) is 0.700. The van der Waals surface area contributed by atoms with Crippen molar-refractivity contribution < 1.29 is 14.3 Å². The molecule has 0 aliphatic rings. The van der Waals surface area contributed by atoms with Gasteiger partial charge in [-0.25, -0.2) is 4.79 Å². The maximum Gasteiger partial charge on any atom is 0.352 e. The molecule has 2 heterocycles. The molecule has 6 nitrogen and oxygen atoms in total. The lowest BCUT2D eigenvalue weighted by Crippen LogP contribution is -2.23. The van der Waals surface area contributed by atoms with E-state index in [0.29, 0.717) is 5.71 Å². The van der Waals surface area contributed by atoms with E-state index in [1.165, 1.54) is 55.9 Å². The average molecular weight is 364 g/mol. The van der Waals surface area contributed by atoms with E-state index in [1.54, 1.807) is 6.20 Å². The molecule has 146 valence electrons. The standard InChI is InChI=1S/C20H32N2O4/c1-2-3-4-5-6-7-8-9-10-11-18-14-17-15-22(16-25-13-12-23)20(24)21-19(17)26-18/h14-15,23H,2-13,16H2,1H3. The highest BCUT2D eigenvalue weighted by Gasteiger charge is 2.08. The number of ether oxygens (including phenoxy) is 1. The molecule has 0 aliphatic carbocycles. The molecule has 6 heteroatoms. The third kappa shape index (κ3) is 6.92. The maximum atomic E-state index is 11.9. The SMILES string of the molecule is CCCCCCCCCCCc1cc2cn(COCCO)c(=O)nc2o1. The quantitative estimate of drug-likeness (QED) is 0.512. The van der Waals surface area contributed by atoms with E-state index in [0.717, 1.165) is 24.0 Å². The van der Waals surface area contributed by atoms with Gasteiger partial charge in [0.2, 0.25) is 5.71 Å². The van der Waals surface area contributed by atoms with Crippen LogP contribution in [0.4, 0.5) is 0 Å². The first-order valence-electron chi connectivity index (χ1n) is 9.93. The molecule has 0 fully saturated rings. The minimum Gasteiger partial charge on any atom is -0.443 e. The molecular formula is C20H32N2O4. The Morgan fingerprint density at radius 1 is 1.12 bits per heavy atom. The molecule has 26 heavy (non-hydrogen) atoms. The van der Waals surface area contributed by atoms with E-state index in [-0.39, 0.29) is 19.9 Å². The van der Waals surface area contributed by atoms with Gasteiger partial charge in [-0.3, -0.25) is 4.57 Å². The summed E-state index contributed by atoms with van der Waals surface area (Å²) in [6.07, 6.45) is 14.2. The van der Waals surface area contributed by atoms with Crippen molar-refractivity contribution in [1.29, 1.82) is 0 Å². The van der Waals surface area contributed by atoms with Crippen molar-refractivity contribution in [3.8, 4) is 0 Å². The summed E-state index contributed by atoms with van der Waals surface area (Å²) in [5.41, 5.74) is -0.0151. The molecule has 2 aromatic rings. The van der Waals surface area contributed by atoms with Crippen molar-refractivity contribution in [2.24, 2.45) is 0 Å². The van der Waals surface area contributed by atoms with Gasteiger partial charge in [0.05, 0.1) is 18.6 Å². The number of aliphatic hydroxyl groups is 1. The van der Waals surface area contributed by atoms with E-state index >= 15 is 0 Å². The van der Waals surface area contributed by atoms with Crippen molar-refractivity contribution in [2.75, 3.05) is 13.2 Å². The topological polar surface area (TPSA) is 77.5 Å². The Hall–Kier alpha value is -1.66. The lowest BCUT2D eigenvalue weighted by Gasteiger charge is -2.04. The molecule has 0 atom stereocenters. The Morgan fingerprint density at radius 2 is 1.81 bits per heavy atom. The third-order valence-corrected chi connectivity index (χ3v) is 4.52.